The quantitative estimate of drug-likeness (QED) is 0.479. The van der Waals surface area contributed by atoms with Gasteiger partial charge in [-0.15, -0.1) is 0 Å². The lowest BCUT2D eigenvalue weighted by molar-refractivity contribution is -0.119. The molecule has 0 atom stereocenters. The number of nitrogens with one attached hydrogen (secondary N) is 2. The van der Waals surface area contributed by atoms with Crippen molar-refractivity contribution < 1.29 is 13.2 Å². The molecule has 17 heavy (non-hydrogen) atoms. The van der Waals surface area contributed by atoms with Gasteiger partial charge in [-0.3, -0.25) is 4.79 Å². The van der Waals surface area contributed by atoms with E-state index in [9.17, 15) is 13.2 Å². The summed E-state index contributed by atoms with van der Waals surface area (Å²) in [4.78, 5) is 11.2. The Kier molecular flexibility index (Phi) is 8.05. The average molecular weight is 266 g/mol. The van der Waals surface area contributed by atoms with Crippen molar-refractivity contribution >= 4 is 16.1 Å². The fourth-order valence-electron chi connectivity index (χ4n) is 1.03. The van der Waals surface area contributed by atoms with Gasteiger partial charge in [0.25, 0.3) is 10.2 Å². The Morgan fingerprint density at radius 1 is 1.41 bits per heavy atom. The van der Waals surface area contributed by atoms with Crippen molar-refractivity contribution in [2.24, 2.45) is 5.73 Å². The molecule has 0 heterocycles. The van der Waals surface area contributed by atoms with E-state index < -0.39 is 10.2 Å². The Balaban J connectivity index is 4.04. The summed E-state index contributed by atoms with van der Waals surface area (Å²) in [6, 6.07) is 0. The number of carbonyl (C=O) groups is 1. The third-order valence-electron chi connectivity index (χ3n) is 2.07. The van der Waals surface area contributed by atoms with Crippen molar-refractivity contribution in [1.82, 2.24) is 14.3 Å². The first-order valence-electron chi connectivity index (χ1n) is 5.61. The molecule has 0 saturated heterocycles. The molecule has 0 aliphatic heterocycles. The van der Waals surface area contributed by atoms with Crippen molar-refractivity contribution in [3.05, 3.63) is 0 Å². The third-order valence-corrected chi connectivity index (χ3v) is 3.59. The number of rotatable bonds is 9. The smallest absolute Gasteiger partial charge is 0.279 e. The van der Waals surface area contributed by atoms with Crippen LogP contribution < -0.4 is 15.8 Å². The first kappa shape index (κ1) is 16.3. The minimum atomic E-state index is -3.59. The van der Waals surface area contributed by atoms with E-state index in [0.717, 1.165) is 10.7 Å². The van der Waals surface area contributed by atoms with Gasteiger partial charge in [-0.1, -0.05) is 6.92 Å². The normalized spacial score (nSPS) is 11.8. The van der Waals surface area contributed by atoms with Crippen LogP contribution in [0, 0.1) is 0 Å². The number of carbonyl (C=O) groups excluding carboxylic acids is 1. The third kappa shape index (κ3) is 7.27. The summed E-state index contributed by atoms with van der Waals surface area (Å²) in [6.45, 7) is 2.99. The zero-order chi connectivity index (χ0) is 13.3. The molecule has 8 heteroatoms. The van der Waals surface area contributed by atoms with Crippen molar-refractivity contribution in [1.29, 1.82) is 0 Å². The molecule has 0 saturated carbocycles. The summed E-state index contributed by atoms with van der Waals surface area (Å²) in [5, 5.41) is 2.58. The number of nitrogens with zero attached hydrogens (tertiary/aromatic N) is 1. The van der Waals surface area contributed by atoms with E-state index in [1.165, 1.54) is 7.05 Å². The summed E-state index contributed by atoms with van der Waals surface area (Å²) >= 11 is 0. The van der Waals surface area contributed by atoms with Crippen LogP contribution in [0.15, 0.2) is 0 Å². The van der Waals surface area contributed by atoms with Crippen molar-refractivity contribution in [3.63, 3.8) is 0 Å². The molecule has 0 radical (unpaired) electrons. The summed E-state index contributed by atoms with van der Waals surface area (Å²) in [6.07, 6.45) is 1.40. The van der Waals surface area contributed by atoms with Crippen LogP contribution in [0.5, 0.6) is 0 Å². The molecule has 0 spiro atoms. The summed E-state index contributed by atoms with van der Waals surface area (Å²) < 4.78 is 26.6. The second kappa shape index (κ2) is 8.40. The van der Waals surface area contributed by atoms with E-state index in [4.69, 9.17) is 5.73 Å². The maximum absolute atomic E-state index is 11.6. The van der Waals surface area contributed by atoms with Crippen molar-refractivity contribution in [2.45, 2.75) is 19.8 Å². The lowest BCUT2D eigenvalue weighted by Crippen LogP contribution is -2.44. The Labute approximate surface area is 103 Å². The van der Waals surface area contributed by atoms with Crippen molar-refractivity contribution in [2.75, 3.05) is 33.2 Å². The van der Waals surface area contributed by atoms with Gasteiger partial charge in [0.05, 0.1) is 6.54 Å². The minimum Gasteiger partial charge on any atom is -0.355 e. The molecule has 0 aromatic carbocycles. The first-order chi connectivity index (χ1) is 7.94. The predicted molar refractivity (Wildman–Crippen MR) is 66.5 cm³/mol. The van der Waals surface area contributed by atoms with Crippen LogP contribution in [-0.4, -0.2) is 51.9 Å². The van der Waals surface area contributed by atoms with Crippen LogP contribution in [-0.2, 0) is 15.0 Å². The molecule has 0 aliphatic carbocycles. The first-order valence-corrected chi connectivity index (χ1v) is 7.05. The van der Waals surface area contributed by atoms with Gasteiger partial charge in [-0.25, -0.2) is 0 Å². The maximum Gasteiger partial charge on any atom is 0.279 e. The van der Waals surface area contributed by atoms with Crippen LogP contribution >= 0.6 is 0 Å². The highest BCUT2D eigenvalue weighted by atomic mass is 32.2. The summed E-state index contributed by atoms with van der Waals surface area (Å²) in [5.74, 6) is -0.331. The van der Waals surface area contributed by atoms with Gasteiger partial charge in [0, 0.05) is 20.1 Å². The lowest BCUT2D eigenvalue weighted by atomic mass is 10.4. The zero-order valence-electron chi connectivity index (χ0n) is 10.4. The van der Waals surface area contributed by atoms with Crippen LogP contribution in [0.1, 0.15) is 19.8 Å². The van der Waals surface area contributed by atoms with Gasteiger partial charge in [0.15, 0.2) is 0 Å². The maximum atomic E-state index is 11.6. The number of amides is 1. The SMILES string of the molecule is CCCNC(=O)CNS(=O)(=O)N(C)CCCN. The Morgan fingerprint density at radius 3 is 2.59 bits per heavy atom. The van der Waals surface area contributed by atoms with Crippen molar-refractivity contribution in [3.8, 4) is 0 Å². The molecular formula is C9H22N4O3S. The number of hydrogen-bond acceptors (Lipinski definition) is 4. The topological polar surface area (TPSA) is 105 Å². The van der Waals surface area contributed by atoms with E-state index in [-0.39, 0.29) is 12.5 Å². The molecule has 4 N–H and O–H groups in total. The van der Waals surface area contributed by atoms with Gasteiger partial charge in [-0.2, -0.15) is 17.4 Å². The number of hydrogen-bond donors (Lipinski definition) is 3. The van der Waals surface area contributed by atoms with E-state index >= 15 is 0 Å². The molecular weight excluding hydrogens is 244 g/mol. The average Bonchev–Trinajstić information content (AvgIpc) is 2.30. The zero-order valence-corrected chi connectivity index (χ0v) is 11.2. The van der Waals surface area contributed by atoms with Gasteiger partial charge in [-0.05, 0) is 19.4 Å². The predicted octanol–water partition coefficient (Wildman–Crippen LogP) is -1.37. The Morgan fingerprint density at radius 2 is 2.06 bits per heavy atom. The second-order valence-corrected chi connectivity index (χ2v) is 5.50. The van der Waals surface area contributed by atoms with Gasteiger partial charge in [0.2, 0.25) is 5.91 Å². The molecule has 0 rings (SSSR count). The highest BCUT2D eigenvalue weighted by molar-refractivity contribution is 7.87. The lowest BCUT2D eigenvalue weighted by Gasteiger charge is -2.16. The largest absolute Gasteiger partial charge is 0.355 e. The van der Waals surface area contributed by atoms with Crippen LogP contribution in [0.25, 0.3) is 0 Å². The van der Waals surface area contributed by atoms with E-state index in [0.29, 0.717) is 26.1 Å². The Bertz CT molecular complexity index is 318. The van der Waals surface area contributed by atoms with Gasteiger partial charge in [0.1, 0.15) is 0 Å². The standard InChI is InChI=1S/C9H22N4O3S/c1-3-6-11-9(14)8-12-17(15,16)13(2)7-4-5-10/h12H,3-8,10H2,1-2H3,(H,11,14). The molecule has 0 aromatic rings. The van der Waals surface area contributed by atoms with E-state index in [1.807, 2.05) is 6.92 Å². The minimum absolute atomic E-state index is 0.241. The monoisotopic (exact) mass is 266 g/mol. The molecule has 0 aromatic heterocycles. The second-order valence-electron chi connectivity index (χ2n) is 3.64. The van der Waals surface area contributed by atoms with Gasteiger partial charge < -0.3 is 11.1 Å². The molecule has 0 unspecified atom stereocenters. The molecule has 0 fully saturated rings. The molecule has 7 nitrogen and oxygen atoms in total. The fourth-order valence-corrected chi connectivity index (χ4v) is 1.93. The highest BCUT2D eigenvalue weighted by Crippen LogP contribution is 1.94. The number of nitrogens with two attached hydrogens (primary N) is 1. The summed E-state index contributed by atoms with van der Waals surface area (Å²) in [7, 11) is -2.14. The highest BCUT2D eigenvalue weighted by Gasteiger charge is 2.17. The molecule has 102 valence electrons. The fraction of sp³-hybridized carbons (Fsp3) is 0.889. The van der Waals surface area contributed by atoms with Gasteiger partial charge >= 0.3 is 0 Å². The summed E-state index contributed by atoms with van der Waals surface area (Å²) in [5.41, 5.74) is 5.29. The van der Waals surface area contributed by atoms with Crippen LogP contribution in [0.4, 0.5) is 0 Å². The molecule has 1 amide bonds. The Hall–Kier alpha value is -0.700. The molecule has 0 aliphatic rings. The molecule has 0 bridgehead atoms. The van der Waals surface area contributed by atoms with E-state index in [2.05, 4.69) is 10.0 Å². The van der Waals surface area contributed by atoms with E-state index in [1.54, 1.807) is 0 Å². The van der Waals surface area contributed by atoms with Crippen LogP contribution in [0.2, 0.25) is 0 Å². The van der Waals surface area contributed by atoms with Crippen LogP contribution in [0.3, 0.4) is 0 Å².